The Morgan fingerprint density at radius 2 is 2.32 bits per heavy atom. The highest BCUT2D eigenvalue weighted by atomic mass is 19.1. The van der Waals surface area contributed by atoms with Crippen LogP contribution in [0.25, 0.3) is 0 Å². The molecular weight excluding hydrogens is 247 g/mol. The molecule has 0 saturated carbocycles. The fourth-order valence-electron chi connectivity index (χ4n) is 2.14. The second kappa shape index (κ2) is 6.41. The Labute approximate surface area is 112 Å². The lowest BCUT2D eigenvalue weighted by molar-refractivity contribution is -0.121. The van der Waals surface area contributed by atoms with Gasteiger partial charge in [-0.25, -0.2) is 4.39 Å². The van der Waals surface area contributed by atoms with E-state index in [0.717, 1.165) is 19.3 Å². The van der Waals surface area contributed by atoms with Gasteiger partial charge in [-0.15, -0.1) is 0 Å². The standard InChI is InChI=1S/C14H19FN2O2/c1-2-19-13-7-6-10(9-11(13)15)17-12-5-3-4-8-16-14(12)18/h6-7,9,12,17H,2-5,8H2,1H3,(H,16,18). The highest BCUT2D eigenvalue weighted by Crippen LogP contribution is 2.22. The minimum Gasteiger partial charge on any atom is -0.491 e. The molecule has 0 bridgehead atoms. The number of amides is 1. The molecule has 2 rings (SSSR count). The monoisotopic (exact) mass is 266 g/mol. The number of ether oxygens (including phenoxy) is 1. The minimum absolute atomic E-state index is 0.0215. The van der Waals surface area contributed by atoms with Crippen molar-refractivity contribution in [1.82, 2.24) is 5.32 Å². The molecule has 19 heavy (non-hydrogen) atoms. The average molecular weight is 266 g/mol. The number of carbonyl (C=O) groups excluding carboxylic acids is 1. The molecule has 0 aliphatic carbocycles. The summed E-state index contributed by atoms with van der Waals surface area (Å²) >= 11 is 0. The van der Waals surface area contributed by atoms with Crippen LogP contribution in [0.15, 0.2) is 18.2 Å². The van der Waals surface area contributed by atoms with Crippen molar-refractivity contribution in [2.75, 3.05) is 18.5 Å². The molecular formula is C14H19FN2O2. The molecule has 1 aliphatic rings. The van der Waals surface area contributed by atoms with Crippen LogP contribution in [-0.4, -0.2) is 25.1 Å². The van der Waals surface area contributed by atoms with E-state index in [4.69, 9.17) is 4.74 Å². The number of anilines is 1. The van der Waals surface area contributed by atoms with Crippen molar-refractivity contribution in [1.29, 1.82) is 0 Å². The topological polar surface area (TPSA) is 50.4 Å². The van der Waals surface area contributed by atoms with Crippen molar-refractivity contribution < 1.29 is 13.9 Å². The van der Waals surface area contributed by atoms with Crippen molar-refractivity contribution >= 4 is 11.6 Å². The third-order valence-corrected chi connectivity index (χ3v) is 3.11. The first-order valence-electron chi connectivity index (χ1n) is 6.67. The third-order valence-electron chi connectivity index (χ3n) is 3.11. The first kappa shape index (κ1) is 13.6. The van der Waals surface area contributed by atoms with Crippen LogP contribution in [-0.2, 0) is 4.79 Å². The molecule has 1 unspecified atom stereocenters. The summed E-state index contributed by atoms with van der Waals surface area (Å²) in [6.07, 6.45) is 2.73. The van der Waals surface area contributed by atoms with Crippen molar-refractivity contribution in [2.24, 2.45) is 0 Å². The van der Waals surface area contributed by atoms with Gasteiger partial charge >= 0.3 is 0 Å². The van der Waals surface area contributed by atoms with E-state index in [1.165, 1.54) is 6.07 Å². The molecule has 104 valence electrons. The minimum atomic E-state index is -0.416. The molecule has 1 atom stereocenters. The number of rotatable bonds is 4. The van der Waals surface area contributed by atoms with Gasteiger partial charge in [-0.2, -0.15) is 0 Å². The lowest BCUT2D eigenvalue weighted by Crippen LogP contribution is -2.37. The Morgan fingerprint density at radius 3 is 3.05 bits per heavy atom. The normalized spacial score (nSPS) is 19.5. The van der Waals surface area contributed by atoms with Crippen LogP contribution in [0.5, 0.6) is 5.75 Å². The van der Waals surface area contributed by atoms with Crippen LogP contribution < -0.4 is 15.4 Å². The summed E-state index contributed by atoms with van der Waals surface area (Å²) < 4.78 is 18.8. The predicted molar refractivity (Wildman–Crippen MR) is 71.8 cm³/mol. The first-order chi connectivity index (χ1) is 9.20. The van der Waals surface area contributed by atoms with Crippen LogP contribution in [0.4, 0.5) is 10.1 Å². The highest BCUT2D eigenvalue weighted by molar-refractivity contribution is 5.84. The smallest absolute Gasteiger partial charge is 0.242 e. The van der Waals surface area contributed by atoms with E-state index in [1.54, 1.807) is 12.1 Å². The molecule has 1 saturated heterocycles. The molecule has 1 aliphatic heterocycles. The molecule has 0 aromatic heterocycles. The molecule has 1 amide bonds. The zero-order valence-electron chi connectivity index (χ0n) is 11.0. The van der Waals surface area contributed by atoms with Crippen LogP contribution in [0, 0.1) is 5.82 Å². The average Bonchev–Trinajstić information content (AvgIpc) is 2.59. The number of hydrogen-bond acceptors (Lipinski definition) is 3. The maximum atomic E-state index is 13.7. The van der Waals surface area contributed by atoms with Gasteiger partial charge in [0.2, 0.25) is 5.91 Å². The van der Waals surface area contributed by atoms with E-state index in [-0.39, 0.29) is 17.7 Å². The van der Waals surface area contributed by atoms with Gasteiger partial charge in [0, 0.05) is 18.3 Å². The Hall–Kier alpha value is -1.78. The van der Waals surface area contributed by atoms with Crippen LogP contribution in [0.1, 0.15) is 26.2 Å². The predicted octanol–water partition coefficient (Wildman–Crippen LogP) is 2.30. The molecule has 1 heterocycles. The van der Waals surface area contributed by atoms with Gasteiger partial charge in [-0.05, 0) is 38.3 Å². The summed E-state index contributed by atoms with van der Waals surface area (Å²) in [5, 5.41) is 5.91. The fraction of sp³-hybridized carbons (Fsp3) is 0.500. The molecule has 0 radical (unpaired) electrons. The summed E-state index contributed by atoms with van der Waals surface area (Å²) in [6, 6.07) is 4.38. The largest absolute Gasteiger partial charge is 0.491 e. The first-order valence-corrected chi connectivity index (χ1v) is 6.67. The molecule has 1 aromatic carbocycles. The van der Waals surface area contributed by atoms with E-state index in [2.05, 4.69) is 10.6 Å². The van der Waals surface area contributed by atoms with Gasteiger partial charge in [-0.3, -0.25) is 4.79 Å². The molecule has 4 nitrogen and oxygen atoms in total. The van der Waals surface area contributed by atoms with Gasteiger partial charge in [0.25, 0.3) is 0 Å². The van der Waals surface area contributed by atoms with Crippen molar-refractivity contribution in [3.63, 3.8) is 0 Å². The van der Waals surface area contributed by atoms with Crippen molar-refractivity contribution in [3.8, 4) is 5.75 Å². The summed E-state index contributed by atoms with van der Waals surface area (Å²) in [4.78, 5) is 11.8. The van der Waals surface area contributed by atoms with Gasteiger partial charge < -0.3 is 15.4 Å². The van der Waals surface area contributed by atoms with Crippen LogP contribution in [0.2, 0.25) is 0 Å². The van der Waals surface area contributed by atoms with E-state index < -0.39 is 5.82 Å². The zero-order valence-corrected chi connectivity index (χ0v) is 11.0. The van der Waals surface area contributed by atoms with E-state index in [0.29, 0.717) is 18.8 Å². The van der Waals surface area contributed by atoms with Gasteiger partial charge in [0.1, 0.15) is 6.04 Å². The molecule has 0 spiro atoms. The highest BCUT2D eigenvalue weighted by Gasteiger charge is 2.20. The van der Waals surface area contributed by atoms with E-state index >= 15 is 0 Å². The molecule has 1 aromatic rings. The summed E-state index contributed by atoms with van der Waals surface area (Å²) in [5.74, 6) is -0.203. The molecule has 5 heteroatoms. The van der Waals surface area contributed by atoms with Crippen LogP contribution in [0.3, 0.4) is 0 Å². The molecule has 1 fully saturated rings. The lowest BCUT2D eigenvalue weighted by Gasteiger charge is -2.17. The van der Waals surface area contributed by atoms with Crippen LogP contribution >= 0.6 is 0 Å². The number of benzene rings is 1. The zero-order chi connectivity index (χ0) is 13.7. The second-order valence-corrected chi connectivity index (χ2v) is 4.56. The van der Waals surface area contributed by atoms with Crippen molar-refractivity contribution in [2.45, 2.75) is 32.2 Å². The lowest BCUT2D eigenvalue weighted by atomic mass is 10.1. The summed E-state index contributed by atoms with van der Waals surface area (Å²) in [5.41, 5.74) is 0.600. The van der Waals surface area contributed by atoms with E-state index in [1.807, 2.05) is 6.92 Å². The number of nitrogens with one attached hydrogen (secondary N) is 2. The SMILES string of the molecule is CCOc1ccc(NC2CCCCNC2=O)cc1F. The third kappa shape index (κ3) is 3.59. The summed E-state index contributed by atoms with van der Waals surface area (Å²) in [6.45, 7) is 2.95. The number of hydrogen-bond donors (Lipinski definition) is 2. The quantitative estimate of drug-likeness (QED) is 0.879. The van der Waals surface area contributed by atoms with Gasteiger partial charge in [-0.1, -0.05) is 0 Å². The second-order valence-electron chi connectivity index (χ2n) is 4.56. The number of halogens is 1. The maximum Gasteiger partial charge on any atom is 0.242 e. The maximum absolute atomic E-state index is 13.7. The summed E-state index contributed by atoms with van der Waals surface area (Å²) in [7, 11) is 0. The fourth-order valence-corrected chi connectivity index (χ4v) is 2.14. The molecule has 2 N–H and O–H groups in total. The Balaban J connectivity index is 2.05. The van der Waals surface area contributed by atoms with Gasteiger partial charge in [0.05, 0.1) is 6.61 Å². The van der Waals surface area contributed by atoms with Gasteiger partial charge in [0.15, 0.2) is 11.6 Å². The number of carbonyl (C=O) groups is 1. The Morgan fingerprint density at radius 1 is 1.47 bits per heavy atom. The van der Waals surface area contributed by atoms with Crippen molar-refractivity contribution in [3.05, 3.63) is 24.0 Å². The van der Waals surface area contributed by atoms with E-state index in [9.17, 15) is 9.18 Å². The Kier molecular flexibility index (Phi) is 4.60. The Bertz CT molecular complexity index is 451.